The van der Waals surface area contributed by atoms with Gasteiger partial charge >= 0.3 is 6.18 Å². The number of benzene rings is 1. The number of hydrazine groups is 1. The molecule has 1 N–H and O–H groups in total. The van der Waals surface area contributed by atoms with Gasteiger partial charge in [0.05, 0.1) is 5.41 Å². The van der Waals surface area contributed by atoms with E-state index < -0.39 is 29.4 Å². The van der Waals surface area contributed by atoms with Gasteiger partial charge in [0.2, 0.25) is 5.91 Å². The Hall–Kier alpha value is -1.63. The van der Waals surface area contributed by atoms with E-state index in [1.54, 1.807) is 13.8 Å². The van der Waals surface area contributed by atoms with Crippen LogP contribution in [-0.4, -0.2) is 23.6 Å². The lowest BCUT2D eigenvalue weighted by atomic mass is 9.93. The minimum Gasteiger partial charge on any atom is -0.287 e. The molecule has 7 heteroatoms. The van der Waals surface area contributed by atoms with Gasteiger partial charge in [-0.05, 0) is 31.5 Å². The number of carbonyl (C=O) groups is 1. The predicted molar refractivity (Wildman–Crippen MR) is 63.8 cm³/mol. The number of hydrogen-bond acceptors (Lipinski definition) is 2. The normalized spacial score (nSPS) is 20.8. The maximum Gasteiger partial charge on any atom is 0.409 e. The lowest BCUT2D eigenvalue weighted by Gasteiger charge is -2.29. The van der Waals surface area contributed by atoms with Crippen molar-refractivity contribution in [3.05, 3.63) is 35.6 Å². The summed E-state index contributed by atoms with van der Waals surface area (Å²) in [6, 6.07) is 2.24. The molecule has 3 nitrogen and oxygen atoms in total. The van der Waals surface area contributed by atoms with E-state index >= 15 is 0 Å². The highest BCUT2D eigenvalue weighted by molar-refractivity contribution is 5.83. The zero-order valence-electron chi connectivity index (χ0n) is 11.0. The van der Waals surface area contributed by atoms with Gasteiger partial charge in [-0.2, -0.15) is 13.2 Å². The molecule has 0 aromatic heterocycles. The van der Waals surface area contributed by atoms with Crippen LogP contribution in [0.4, 0.5) is 17.6 Å². The molecule has 1 atom stereocenters. The average molecular weight is 290 g/mol. The van der Waals surface area contributed by atoms with Crippen molar-refractivity contribution in [2.45, 2.75) is 26.1 Å². The van der Waals surface area contributed by atoms with Crippen LogP contribution in [0.25, 0.3) is 0 Å². The summed E-state index contributed by atoms with van der Waals surface area (Å²) >= 11 is 0. The van der Waals surface area contributed by atoms with Crippen molar-refractivity contribution in [3.63, 3.8) is 0 Å². The van der Waals surface area contributed by atoms with Crippen LogP contribution in [0.1, 0.15) is 25.5 Å². The van der Waals surface area contributed by atoms with E-state index in [4.69, 9.17) is 0 Å². The summed E-state index contributed by atoms with van der Waals surface area (Å²) in [6.45, 7) is 3.01. The van der Waals surface area contributed by atoms with E-state index in [1.165, 1.54) is 12.1 Å². The van der Waals surface area contributed by atoms with Gasteiger partial charge in [0.15, 0.2) is 0 Å². The molecule has 1 aliphatic heterocycles. The highest BCUT2D eigenvalue weighted by Crippen LogP contribution is 2.40. The Kier molecular flexibility index (Phi) is 3.49. The molecule has 0 bridgehead atoms. The van der Waals surface area contributed by atoms with Gasteiger partial charge in [-0.25, -0.2) is 9.40 Å². The molecule has 20 heavy (non-hydrogen) atoms. The van der Waals surface area contributed by atoms with Gasteiger partial charge in [-0.15, -0.1) is 0 Å². The first-order chi connectivity index (χ1) is 9.11. The zero-order chi connectivity index (χ0) is 15.1. The van der Waals surface area contributed by atoms with Gasteiger partial charge in [0, 0.05) is 6.54 Å². The molecule has 2 rings (SSSR count). The topological polar surface area (TPSA) is 32.3 Å². The van der Waals surface area contributed by atoms with Crippen LogP contribution in [-0.2, 0) is 4.79 Å². The number of halogens is 4. The van der Waals surface area contributed by atoms with Crippen molar-refractivity contribution in [2.24, 2.45) is 5.41 Å². The smallest absolute Gasteiger partial charge is 0.287 e. The molecule has 1 amide bonds. The molecule has 0 saturated carbocycles. The fourth-order valence-electron chi connectivity index (χ4n) is 2.20. The Balaban J connectivity index is 2.38. The second-order valence-electron chi connectivity index (χ2n) is 5.45. The van der Waals surface area contributed by atoms with Crippen LogP contribution < -0.4 is 5.43 Å². The van der Waals surface area contributed by atoms with Crippen LogP contribution in [0.15, 0.2) is 24.3 Å². The van der Waals surface area contributed by atoms with Gasteiger partial charge in [0.25, 0.3) is 0 Å². The van der Waals surface area contributed by atoms with Gasteiger partial charge in [-0.3, -0.25) is 10.2 Å². The molecule has 0 spiro atoms. The fraction of sp³-hybridized carbons (Fsp3) is 0.462. The van der Waals surface area contributed by atoms with Crippen molar-refractivity contribution in [3.8, 4) is 0 Å². The summed E-state index contributed by atoms with van der Waals surface area (Å²) in [7, 11) is 0. The van der Waals surface area contributed by atoms with Crippen LogP contribution in [0.3, 0.4) is 0 Å². The van der Waals surface area contributed by atoms with Gasteiger partial charge in [-0.1, -0.05) is 12.1 Å². The van der Waals surface area contributed by atoms with Crippen molar-refractivity contribution in [2.75, 3.05) is 6.54 Å². The summed E-state index contributed by atoms with van der Waals surface area (Å²) in [5.41, 5.74) is 1.06. The number of nitrogens with zero attached hydrogens (tertiary/aromatic N) is 1. The second kappa shape index (κ2) is 4.73. The zero-order valence-corrected chi connectivity index (χ0v) is 11.0. The van der Waals surface area contributed by atoms with Crippen molar-refractivity contribution < 1.29 is 22.4 Å². The third-order valence-electron chi connectivity index (χ3n) is 3.21. The summed E-state index contributed by atoms with van der Waals surface area (Å²) in [5.74, 6) is -1.23. The van der Waals surface area contributed by atoms with E-state index in [9.17, 15) is 22.4 Å². The Morgan fingerprint density at radius 1 is 1.35 bits per heavy atom. The molecular formula is C13H14F4N2O. The highest BCUT2D eigenvalue weighted by Gasteiger charge is 2.51. The first kappa shape index (κ1) is 14.8. The minimum absolute atomic E-state index is 0.105. The molecule has 110 valence electrons. The molecule has 0 radical (unpaired) electrons. The van der Waals surface area contributed by atoms with E-state index in [1.807, 2.05) is 0 Å². The monoisotopic (exact) mass is 290 g/mol. The molecule has 0 aliphatic carbocycles. The Labute approximate surface area is 113 Å². The standard InChI is InChI=1S/C13H14F4N2O/c1-12(2)7-19(18-11(12)20)10(13(15,16)17)8-4-3-5-9(14)6-8/h3-6,10H,7H2,1-2H3,(H,18,20)/t10-/m0/s1. The number of nitrogens with one attached hydrogen (secondary N) is 1. The molecule has 1 aromatic rings. The summed E-state index contributed by atoms with van der Waals surface area (Å²) in [5, 5.41) is 0.817. The number of hydrogen-bond donors (Lipinski definition) is 1. The van der Waals surface area contributed by atoms with Crippen molar-refractivity contribution in [1.82, 2.24) is 10.4 Å². The molecular weight excluding hydrogens is 276 g/mol. The van der Waals surface area contributed by atoms with E-state index in [-0.39, 0.29) is 12.1 Å². The molecule has 1 saturated heterocycles. The first-order valence-electron chi connectivity index (χ1n) is 6.01. The largest absolute Gasteiger partial charge is 0.409 e. The average Bonchev–Trinajstić information content (AvgIpc) is 2.50. The van der Waals surface area contributed by atoms with E-state index in [0.717, 1.165) is 17.1 Å². The van der Waals surface area contributed by atoms with Crippen molar-refractivity contribution >= 4 is 5.91 Å². The Morgan fingerprint density at radius 2 is 2.00 bits per heavy atom. The lowest BCUT2D eigenvalue weighted by Crippen LogP contribution is -2.43. The third-order valence-corrected chi connectivity index (χ3v) is 3.21. The molecule has 1 fully saturated rings. The highest BCUT2D eigenvalue weighted by atomic mass is 19.4. The minimum atomic E-state index is -4.62. The summed E-state index contributed by atoms with van der Waals surface area (Å²) in [6.07, 6.45) is -4.62. The second-order valence-corrected chi connectivity index (χ2v) is 5.45. The van der Waals surface area contributed by atoms with Crippen molar-refractivity contribution in [1.29, 1.82) is 0 Å². The van der Waals surface area contributed by atoms with Gasteiger partial charge < -0.3 is 0 Å². The van der Waals surface area contributed by atoms with Crippen LogP contribution in [0.2, 0.25) is 0 Å². The van der Waals surface area contributed by atoms with Gasteiger partial charge in [0.1, 0.15) is 11.9 Å². The molecule has 0 unspecified atom stereocenters. The molecule has 1 heterocycles. The predicted octanol–water partition coefficient (Wildman–Crippen LogP) is 2.80. The van der Waals surface area contributed by atoms with Crippen LogP contribution >= 0.6 is 0 Å². The third kappa shape index (κ3) is 2.77. The molecule has 1 aliphatic rings. The quantitative estimate of drug-likeness (QED) is 0.849. The SMILES string of the molecule is CC1(C)CN([C@@H](c2cccc(F)c2)C(F)(F)F)NC1=O. The molecule has 1 aromatic carbocycles. The Morgan fingerprint density at radius 3 is 2.45 bits per heavy atom. The number of rotatable bonds is 2. The first-order valence-corrected chi connectivity index (χ1v) is 6.01. The van der Waals surface area contributed by atoms with E-state index in [0.29, 0.717) is 0 Å². The maximum absolute atomic E-state index is 13.3. The number of amides is 1. The fourth-order valence-corrected chi connectivity index (χ4v) is 2.20. The van der Waals surface area contributed by atoms with Crippen LogP contribution in [0, 0.1) is 11.2 Å². The Bertz CT molecular complexity index is 527. The maximum atomic E-state index is 13.3. The van der Waals surface area contributed by atoms with E-state index in [2.05, 4.69) is 5.43 Å². The summed E-state index contributed by atoms with van der Waals surface area (Å²) < 4.78 is 52.9. The summed E-state index contributed by atoms with van der Waals surface area (Å²) in [4.78, 5) is 11.6. The number of carbonyl (C=O) groups excluding carboxylic acids is 1. The lowest BCUT2D eigenvalue weighted by molar-refractivity contribution is -0.191. The van der Waals surface area contributed by atoms with Crippen LogP contribution in [0.5, 0.6) is 0 Å². The number of alkyl halides is 3.